The predicted octanol–water partition coefficient (Wildman–Crippen LogP) is 1.68. The molecule has 1 amide bonds. The predicted molar refractivity (Wildman–Crippen MR) is 100 cm³/mol. The molecule has 2 saturated heterocycles. The number of esters is 1. The molecule has 4 rings (SSSR count). The molecule has 2 aliphatic heterocycles. The fraction of sp³-hybridized carbons (Fsp3) is 0.650. The third-order valence-electron chi connectivity index (χ3n) is 6.15. The highest BCUT2D eigenvalue weighted by molar-refractivity contribution is 7.17. The summed E-state index contributed by atoms with van der Waals surface area (Å²) in [5, 5.41) is 14.9. The zero-order valence-electron chi connectivity index (χ0n) is 15.8. The summed E-state index contributed by atoms with van der Waals surface area (Å²) in [5.74, 6) is -3.87. The van der Waals surface area contributed by atoms with E-state index < -0.39 is 41.9 Å². The minimum atomic E-state index is -1.25. The summed E-state index contributed by atoms with van der Waals surface area (Å²) in [7, 11) is 1.33. The molecule has 28 heavy (non-hydrogen) atoms. The quantitative estimate of drug-likeness (QED) is 0.763. The van der Waals surface area contributed by atoms with Crippen LogP contribution < -0.4 is 10.4 Å². The number of carbonyl (C=O) groups is 3. The fourth-order valence-electron chi connectivity index (χ4n) is 4.83. The van der Waals surface area contributed by atoms with Gasteiger partial charge < -0.3 is 24.7 Å². The largest absolute Gasteiger partial charge is 0.550 e. The topological polar surface area (TPSA) is 105 Å². The molecule has 4 atom stereocenters. The molecule has 2 bridgehead atoms. The number of ether oxygens (including phenoxy) is 2. The maximum atomic E-state index is 13.0. The molecule has 1 N–H and O–H groups in total. The summed E-state index contributed by atoms with van der Waals surface area (Å²) < 4.78 is 10.6. The summed E-state index contributed by atoms with van der Waals surface area (Å²) in [6, 6.07) is 0. The summed E-state index contributed by atoms with van der Waals surface area (Å²) in [4.78, 5) is 38.2. The smallest absolute Gasteiger partial charge is 0.341 e. The third kappa shape index (κ3) is 3.33. The van der Waals surface area contributed by atoms with Gasteiger partial charge in [0.25, 0.3) is 0 Å². The summed E-state index contributed by atoms with van der Waals surface area (Å²) in [5.41, 5.74) is 1.39. The number of hydrogen-bond acceptors (Lipinski definition) is 7. The first-order valence-electron chi connectivity index (χ1n) is 9.91. The number of nitrogens with one attached hydrogen (secondary N) is 1. The molecule has 0 aromatic carbocycles. The maximum absolute atomic E-state index is 13.0. The monoisotopic (exact) mass is 406 g/mol. The standard InChI is InChI=1S/C20H25NO6S/c1-26-20(25)14-10-6-4-2-3-5-7-13(10)28-18(14)21-17(22)15-11-8-9-12(27-11)16(15)19(23)24/h11-12,15-16H,2-9H2,1H3,(H,21,22)(H,23,24)/p-1/t11-,12+,15-,16-/m0/s1. The molecule has 1 aromatic heterocycles. The van der Waals surface area contributed by atoms with Gasteiger partial charge in [0.1, 0.15) is 5.00 Å². The molecular formula is C20H24NO6S-. The van der Waals surface area contributed by atoms with Crippen molar-refractivity contribution in [3.8, 4) is 0 Å². The van der Waals surface area contributed by atoms with E-state index in [0.29, 0.717) is 23.4 Å². The van der Waals surface area contributed by atoms with Crippen molar-refractivity contribution >= 4 is 34.2 Å². The number of hydrogen-bond donors (Lipinski definition) is 1. The van der Waals surface area contributed by atoms with Gasteiger partial charge in [-0.3, -0.25) is 4.79 Å². The van der Waals surface area contributed by atoms with E-state index in [1.165, 1.54) is 18.4 Å². The van der Waals surface area contributed by atoms with Crippen molar-refractivity contribution in [1.29, 1.82) is 0 Å². The van der Waals surface area contributed by atoms with Crippen molar-refractivity contribution < 1.29 is 29.0 Å². The van der Waals surface area contributed by atoms with Crippen LogP contribution in [-0.2, 0) is 31.9 Å². The van der Waals surface area contributed by atoms with Crippen LogP contribution in [0.3, 0.4) is 0 Å². The molecule has 0 radical (unpaired) electrons. The highest BCUT2D eigenvalue weighted by Crippen LogP contribution is 2.45. The number of anilines is 1. The van der Waals surface area contributed by atoms with Crippen molar-refractivity contribution in [2.24, 2.45) is 11.8 Å². The summed E-state index contributed by atoms with van der Waals surface area (Å²) in [6.07, 6.45) is 6.40. The van der Waals surface area contributed by atoms with Crippen molar-refractivity contribution in [1.82, 2.24) is 0 Å². The molecule has 0 unspecified atom stereocenters. The molecule has 0 saturated carbocycles. The van der Waals surface area contributed by atoms with Crippen molar-refractivity contribution in [2.75, 3.05) is 12.4 Å². The number of carbonyl (C=O) groups excluding carboxylic acids is 3. The number of thiophene rings is 1. The number of rotatable bonds is 4. The van der Waals surface area contributed by atoms with Crippen LogP contribution in [0.2, 0.25) is 0 Å². The average molecular weight is 406 g/mol. The second-order valence-electron chi connectivity index (χ2n) is 7.76. The molecule has 3 heterocycles. The molecule has 1 aliphatic carbocycles. The Bertz CT molecular complexity index is 803. The van der Waals surface area contributed by atoms with Gasteiger partial charge in [-0.2, -0.15) is 0 Å². The Kier molecular flexibility index (Phi) is 5.42. The first kappa shape index (κ1) is 19.4. The van der Waals surface area contributed by atoms with Crippen LogP contribution in [0.5, 0.6) is 0 Å². The molecule has 152 valence electrons. The van der Waals surface area contributed by atoms with Gasteiger partial charge in [0, 0.05) is 16.8 Å². The molecule has 1 aromatic rings. The lowest BCUT2D eigenvalue weighted by Crippen LogP contribution is -2.46. The summed E-state index contributed by atoms with van der Waals surface area (Å²) >= 11 is 1.41. The van der Waals surface area contributed by atoms with Crippen LogP contribution in [-0.4, -0.2) is 37.2 Å². The minimum absolute atomic E-state index is 0.407. The Morgan fingerprint density at radius 1 is 1.07 bits per heavy atom. The highest BCUT2D eigenvalue weighted by Gasteiger charge is 2.53. The number of carboxylic acid groups (broad SMARTS) is 1. The lowest BCUT2D eigenvalue weighted by molar-refractivity contribution is -0.313. The van der Waals surface area contributed by atoms with E-state index in [0.717, 1.165) is 49.0 Å². The third-order valence-corrected chi connectivity index (χ3v) is 7.35. The molecular weight excluding hydrogens is 382 g/mol. The Morgan fingerprint density at radius 2 is 1.75 bits per heavy atom. The van der Waals surface area contributed by atoms with Gasteiger partial charge >= 0.3 is 5.97 Å². The van der Waals surface area contributed by atoms with Crippen molar-refractivity contribution in [3.05, 3.63) is 16.0 Å². The van der Waals surface area contributed by atoms with Gasteiger partial charge in [-0.1, -0.05) is 12.8 Å². The number of carboxylic acids is 1. The van der Waals surface area contributed by atoms with Crippen LogP contribution in [0.15, 0.2) is 0 Å². The SMILES string of the molecule is COC(=O)c1c(NC(=O)[C@@H]2[C@@H](C(=O)[O-])[C@H]3CC[C@@H]2O3)sc2c1CCCCCC2. The van der Waals surface area contributed by atoms with E-state index in [4.69, 9.17) is 9.47 Å². The fourth-order valence-corrected chi connectivity index (χ4v) is 6.11. The lowest BCUT2D eigenvalue weighted by Gasteiger charge is -2.27. The van der Waals surface area contributed by atoms with E-state index in [1.54, 1.807) is 0 Å². The van der Waals surface area contributed by atoms with Crippen LogP contribution >= 0.6 is 11.3 Å². The summed E-state index contributed by atoms with van der Waals surface area (Å²) in [6.45, 7) is 0. The van der Waals surface area contributed by atoms with Crippen LogP contribution in [0.4, 0.5) is 5.00 Å². The van der Waals surface area contributed by atoms with Gasteiger partial charge in [-0.25, -0.2) is 4.79 Å². The molecule has 8 heteroatoms. The first-order valence-corrected chi connectivity index (χ1v) is 10.7. The number of fused-ring (bicyclic) bond motifs is 3. The Hall–Kier alpha value is -1.93. The molecule has 7 nitrogen and oxygen atoms in total. The molecule has 3 aliphatic rings. The average Bonchev–Trinajstić information content (AvgIpc) is 3.34. The number of methoxy groups -OCH3 is 1. The molecule has 2 fully saturated rings. The van der Waals surface area contributed by atoms with Crippen LogP contribution in [0, 0.1) is 11.8 Å². The number of aryl methyl sites for hydroxylation is 1. The zero-order chi connectivity index (χ0) is 19.8. The van der Waals surface area contributed by atoms with Gasteiger partial charge in [0.2, 0.25) is 5.91 Å². The Morgan fingerprint density at radius 3 is 2.43 bits per heavy atom. The maximum Gasteiger partial charge on any atom is 0.341 e. The van der Waals surface area contributed by atoms with E-state index in [1.807, 2.05) is 0 Å². The van der Waals surface area contributed by atoms with Crippen molar-refractivity contribution in [3.63, 3.8) is 0 Å². The van der Waals surface area contributed by atoms with E-state index in [9.17, 15) is 19.5 Å². The molecule has 0 spiro atoms. The van der Waals surface area contributed by atoms with E-state index >= 15 is 0 Å². The normalized spacial score (nSPS) is 28.9. The van der Waals surface area contributed by atoms with Gasteiger partial charge in [0.15, 0.2) is 0 Å². The number of aliphatic carboxylic acids is 1. The van der Waals surface area contributed by atoms with Crippen LogP contribution in [0.1, 0.15) is 59.3 Å². The minimum Gasteiger partial charge on any atom is -0.550 e. The second-order valence-corrected chi connectivity index (χ2v) is 8.87. The van der Waals surface area contributed by atoms with E-state index in [-0.39, 0.29) is 0 Å². The number of amides is 1. The Balaban J connectivity index is 1.63. The van der Waals surface area contributed by atoms with E-state index in [2.05, 4.69) is 5.32 Å². The van der Waals surface area contributed by atoms with Crippen molar-refractivity contribution in [2.45, 2.75) is 63.6 Å². The Labute approximate surface area is 167 Å². The van der Waals surface area contributed by atoms with Gasteiger partial charge in [-0.15, -0.1) is 11.3 Å². The van der Waals surface area contributed by atoms with Crippen LogP contribution in [0.25, 0.3) is 0 Å². The van der Waals surface area contributed by atoms with Gasteiger partial charge in [0.05, 0.1) is 30.8 Å². The zero-order valence-corrected chi connectivity index (χ0v) is 16.6. The first-order chi connectivity index (χ1) is 13.5. The van der Waals surface area contributed by atoms with Gasteiger partial charge in [-0.05, 0) is 44.1 Å². The second kappa shape index (κ2) is 7.83. The highest BCUT2D eigenvalue weighted by atomic mass is 32.1. The lowest BCUT2D eigenvalue weighted by atomic mass is 9.78.